The molecule has 0 radical (unpaired) electrons. The Morgan fingerprint density at radius 3 is 2.92 bits per heavy atom. The molecule has 2 N–H and O–H groups in total. The Morgan fingerprint density at radius 1 is 1.58 bits per heavy atom. The van der Waals surface area contributed by atoms with Crippen LogP contribution in [-0.4, -0.2) is 35.6 Å². The standard InChI is InChI=1S/C9H18O3/c1-7(4-5-10)9-8(11)3-2-6-12-9/h7-11H,2-6H2,1H3/t7-,8+,9-/m1/s1. The zero-order chi connectivity index (χ0) is 8.97. The van der Waals surface area contributed by atoms with Crippen LogP contribution in [0.2, 0.25) is 0 Å². The van der Waals surface area contributed by atoms with Crippen LogP contribution in [0.25, 0.3) is 0 Å². The van der Waals surface area contributed by atoms with Crippen LogP contribution < -0.4 is 0 Å². The molecule has 12 heavy (non-hydrogen) atoms. The van der Waals surface area contributed by atoms with Crippen LogP contribution in [0, 0.1) is 5.92 Å². The highest BCUT2D eigenvalue weighted by atomic mass is 16.5. The Hall–Kier alpha value is -0.120. The molecular weight excluding hydrogens is 156 g/mol. The molecule has 0 aliphatic carbocycles. The van der Waals surface area contributed by atoms with Gasteiger partial charge < -0.3 is 14.9 Å². The van der Waals surface area contributed by atoms with E-state index >= 15 is 0 Å². The highest BCUT2D eigenvalue weighted by Crippen LogP contribution is 2.22. The lowest BCUT2D eigenvalue weighted by Gasteiger charge is -2.32. The van der Waals surface area contributed by atoms with Gasteiger partial charge in [0.05, 0.1) is 12.2 Å². The molecule has 0 unspecified atom stereocenters. The lowest BCUT2D eigenvalue weighted by atomic mass is 9.92. The summed E-state index contributed by atoms with van der Waals surface area (Å²) in [6.07, 6.45) is 2.09. The third-order valence-electron chi connectivity index (χ3n) is 2.48. The highest BCUT2D eigenvalue weighted by Gasteiger charge is 2.28. The summed E-state index contributed by atoms with van der Waals surface area (Å²) in [7, 11) is 0. The quantitative estimate of drug-likeness (QED) is 0.656. The fourth-order valence-corrected chi connectivity index (χ4v) is 1.70. The van der Waals surface area contributed by atoms with Crippen molar-refractivity contribution in [3.8, 4) is 0 Å². The summed E-state index contributed by atoms with van der Waals surface area (Å²) in [4.78, 5) is 0. The van der Waals surface area contributed by atoms with E-state index in [0.717, 1.165) is 19.4 Å². The van der Waals surface area contributed by atoms with Crippen molar-refractivity contribution in [2.24, 2.45) is 5.92 Å². The number of rotatable bonds is 3. The summed E-state index contributed by atoms with van der Waals surface area (Å²) in [6.45, 7) is 2.93. The lowest BCUT2D eigenvalue weighted by Crippen LogP contribution is -2.39. The zero-order valence-electron chi connectivity index (χ0n) is 7.57. The smallest absolute Gasteiger partial charge is 0.0860 e. The Kier molecular flexibility index (Phi) is 3.98. The first-order valence-corrected chi connectivity index (χ1v) is 4.66. The summed E-state index contributed by atoms with van der Waals surface area (Å²) in [5, 5.41) is 18.3. The third kappa shape index (κ3) is 2.44. The average molecular weight is 174 g/mol. The number of aliphatic hydroxyl groups excluding tert-OH is 2. The van der Waals surface area contributed by atoms with Gasteiger partial charge in [0.2, 0.25) is 0 Å². The van der Waals surface area contributed by atoms with E-state index in [1.807, 2.05) is 6.92 Å². The predicted molar refractivity (Wildman–Crippen MR) is 45.8 cm³/mol. The Morgan fingerprint density at radius 2 is 2.33 bits per heavy atom. The molecule has 72 valence electrons. The van der Waals surface area contributed by atoms with Crippen LogP contribution >= 0.6 is 0 Å². The van der Waals surface area contributed by atoms with Crippen molar-refractivity contribution in [3.05, 3.63) is 0 Å². The molecule has 3 atom stereocenters. The van der Waals surface area contributed by atoms with Gasteiger partial charge in [0.15, 0.2) is 0 Å². The number of hydrogen-bond donors (Lipinski definition) is 2. The van der Waals surface area contributed by atoms with Crippen LogP contribution in [0.3, 0.4) is 0 Å². The van der Waals surface area contributed by atoms with Gasteiger partial charge in [-0.3, -0.25) is 0 Å². The minimum absolute atomic E-state index is 0.0640. The minimum atomic E-state index is -0.333. The molecule has 0 aromatic carbocycles. The molecule has 1 aliphatic heterocycles. The zero-order valence-corrected chi connectivity index (χ0v) is 7.57. The summed E-state index contributed by atoms with van der Waals surface area (Å²) in [6, 6.07) is 0. The molecule has 0 aromatic rings. The van der Waals surface area contributed by atoms with Gasteiger partial charge in [0, 0.05) is 13.2 Å². The second-order valence-electron chi connectivity index (χ2n) is 3.53. The van der Waals surface area contributed by atoms with Crippen LogP contribution in [0.15, 0.2) is 0 Å². The van der Waals surface area contributed by atoms with Gasteiger partial charge >= 0.3 is 0 Å². The second kappa shape index (κ2) is 4.80. The van der Waals surface area contributed by atoms with E-state index < -0.39 is 0 Å². The maximum atomic E-state index is 9.56. The topological polar surface area (TPSA) is 49.7 Å². The van der Waals surface area contributed by atoms with Crippen LogP contribution in [0.4, 0.5) is 0 Å². The Bertz CT molecular complexity index is 127. The van der Waals surface area contributed by atoms with Crippen molar-refractivity contribution in [2.45, 2.75) is 38.4 Å². The Balaban J connectivity index is 2.36. The van der Waals surface area contributed by atoms with Gasteiger partial charge in [-0.1, -0.05) is 6.92 Å². The molecular formula is C9H18O3. The molecule has 0 bridgehead atoms. The van der Waals surface area contributed by atoms with Crippen molar-refractivity contribution < 1.29 is 14.9 Å². The van der Waals surface area contributed by atoms with Crippen molar-refractivity contribution in [1.29, 1.82) is 0 Å². The minimum Gasteiger partial charge on any atom is -0.396 e. The van der Waals surface area contributed by atoms with E-state index in [0.29, 0.717) is 6.42 Å². The first kappa shape index (κ1) is 9.96. The van der Waals surface area contributed by atoms with Gasteiger partial charge in [-0.2, -0.15) is 0 Å². The van der Waals surface area contributed by atoms with Gasteiger partial charge in [0.1, 0.15) is 0 Å². The lowest BCUT2D eigenvalue weighted by molar-refractivity contribution is -0.100. The van der Waals surface area contributed by atoms with E-state index in [-0.39, 0.29) is 24.7 Å². The molecule has 3 nitrogen and oxygen atoms in total. The first-order valence-electron chi connectivity index (χ1n) is 4.66. The van der Waals surface area contributed by atoms with Crippen molar-refractivity contribution in [3.63, 3.8) is 0 Å². The van der Waals surface area contributed by atoms with Crippen LogP contribution in [-0.2, 0) is 4.74 Å². The molecule has 0 amide bonds. The molecule has 1 aliphatic rings. The van der Waals surface area contributed by atoms with E-state index in [9.17, 15) is 5.11 Å². The first-order chi connectivity index (χ1) is 5.75. The predicted octanol–water partition coefficient (Wildman–Crippen LogP) is 0.545. The molecule has 0 spiro atoms. The molecule has 0 saturated carbocycles. The summed E-state index contributed by atoms with van der Waals surface area (Å²) < 4.78 is 5.44. The van der Waals surface area contributed by atoms with Gasteiger partial charge in [0.25, 0.3) is 0 Å². The molecule has 3 heteroatoms. The summed E-state index contributed by atoms with van der Waals surface area (Å²) in [5.41, 5.74) is 0. The van der Waals surface area contributed by atoms with Crippen LogP contribution in [0.5, 0.6) is 0 Å². The van der Waals surface area contributed by atoms with Crippen molar-refractivity contribution in [2.75, 3.05) is 13.2 Å². The third-order valence-corrected chi connectivity index (χ3v) is 2.48. The Labute approximate surface area is 73.4 Å². The molecule has 1 rings (SSSR count). The van der Waals surface area contributed by atoms with Crippen molar-refractivity contribution >= 4 is 0 Å². The molecule has 1 heterocycles. The van der Waals surface area contributed by atoms with E-state index in [1.165, 1.54) is 0 Å². The number of ether oxygens (including phenoxy) is 1. The van der Waals surface area contributed by atoms with Crippen LogP contribution in [0.1, 0.15) is 26.2 Å². The SMILES string of the molecule is C[C@H](CCO)[C@H]1OCCC[C@@H]1O. The summed E-state index contributed by atoms with van der Waals surface area (Å²) >= 11 is 0. The molecule has 0 aromatic heterocycles. The fourth-order valence-electron chi connectivity index (χ4n) is 1.70. The van der Waals surface area contributed by atoms with Crippen molar-refractivity contribution in [1.82, 2.24) is 0 Å². The maximum Gasteiger partial charge on any atom is 0.0860 e. The number of aliphatic hydroxyl groups is 2. The van der Waals surface area contributed by atoms with Gasteiger partial charge in [-0.25, -0.2) is 0 Å². The largest absolute Gasteiger partial charge is 0.396 e. The number of hydrogen-bond acceptors (Lipinski definition) is 3. The van der Waals surface area contributed by atoms with Gasteiger partial charge in [-0.15, -0.1) is 0 Å². The van der Waals surface area contributed by atoms with E-state index in [1.54, 1.807) is 0 Å². The maximum absolute atomic E-state index is 9.56. The van der Waals surface area contributed by atoms with E-state index in [2.05, 4.69) is 0 Å². The monoisotopic (exact) mass is 174 g/mol. The van der Waals surface area contributed by atoms with E-state index in [4.69, 9.17) is 9.84 Å². The van der Waals surface area contributed by atoms with Gasteiger partial charge in [-0.05, 0) is 25.2 Å². The second-order valence-corrected chi connectivity index (χ2v) is 3.53. The highest BCUT2D eigenvalue weighted by molar-refractivity contribution is 4.77. The molecule has 1 saturated heterocycles. The average Bonchev–Trinajstić information content (AvgIpc) is 2.05. The fraction of sp³-hybridized carbons (Fsp3) is 1.00. The normalized spacial score (nSPS) is 33.2. The molecule has 1 fully saturated rings. The summed E-state index contributed by atoms with van der Waals surface area (Å²) in [5.74, 6) is 0.255.